The van der Waals surface area contributed by atoms with Crippen LogP contribution < -0.4 is 5.32 Å². The lowest BCUT2D eigenvalue weighted by molar-refractivity contribution is 0.0612. The van der Waals surface area contributed by atoms with E-state index in [-0.39, 0.29) is 11.9 Å². The number of aromatic nitrogens is 1. The fourth-order valence-electron chi connectivity index (χ4n) is 3.80. The van der Waals surface area contributed by atoms with Crippen LogP contribution in [0.5, 0.6) is 0 Å². The van der Waals surface area contributed by atoms with Crippen LogP contribution in [0.15, 0.2) is 48.7 Å². The van der Waals surface area contributed by atoms with Gasteiger partial charge in [-0.25, -0.2) is 4.98 Å². The molecule has 2 fully saturated rings. The normalized spacial score (nSPS) is 20.8. The molecule has 1 aromatic heterocycles. The molecular weight excluding hydrogens is 310 g/mol. The minimum absolute atomic E-state index is 0.109. The minimum Gasteiger partial charge on any atom is -0.367 e. The van der Waals surface area contributed by atoms with Crippen molar-refractivity contribution in [2.75, 3.05) is 11.9 Å². The number of nitrogens with one attached hydrogen (secondary N) is 1. The van der Waals surface area contributed by atoms with Gasteiger partial charge in [-0.1, -0.05) is 24.3 Å². The van der Waals surface area contributed by atoms with Crippen molar-refractivity contribution in [1.29, 1.82) is 0 Å². The first-order valence-electron chi connectivity index (χ1n) is 9.40. The summed E-state index contributed by atoms with van der Waals surface area (Å²) in [6, 6.07) is 14.4. The molecule has 1 aromatic carbocycles. The number of carbonyl (C=O) groups is 1. The van der Waals surface area contributed by atoms with Gasteiger partial charge in [-0.05, 0) is 56.7 Å². The van der Waals surface area contributed by atoms with Crippen LogP contribution in [0, 0.1) is 0 Å². The summed E-state index contributed by atoms with van der Waals surface area (Å²) < 4.78 is 0. The minimum atomic E-state index is 0.109. The van der Waals surface area contributed by atoms with Crippen LogP contribution >= 0.6 is 0 Å². The monoisotopic (exact) mass is 335 g/mol. The van der Waals surface area contributed by atoms with E-state index in [4.69, 9.17) is 0 Å². The highest BCUT2D eigenvalue weighted by Gasteiger charge is 2.31. The van der Waals surface area contributed by atoms with Crippen LogP contribution in [-0.4, -0.2) is 28.4 Å². The number of benzene rings is 1. The molecule has 0 bridgehead atoms. The summed E-state index contributed by atoms with van der Waals surface area (Å²) in [5.41, 5.74) is 1.94. The van der Waals surface area contributed by atoms with E-state index < -0.39 is 0 Å². The second-order valence-corrected chi connectivity index (χ2v) is 7.09. The zero-order valence-corrected chi connectivity index (χ0v) is 14.5. The van der Waals surface area contributed by atoms with Gasteiger partial charge in [0.2, 0.25) is 0 Å². The number of piperidine rings is 1. The van der Waals surface area contributed by atoms with Crippen LogP contribution in [0.25, 0.3) is 0 Å². The molecule has 0 spiro atoms. The predicted octanol–water partition coefficient (Wildman–Crippen LogP) is 4.41. The Morgan fingerprint density at radius 3 is 2.60 bits per heavy atom. The molecule has 1 aliphatic heterocycles. The lowest BCUT2D eigenvalue weighted by Crippen LogP contribution is -2.39. The number of carbonyl (C=O) groups excluding carboxylic acids is 1. The molecule has 4 nitrogen and oxygen atoms in total. The number of likely N-dealkylation sites (tertiary alicyclic amines) is 1. The average molecular weight is 335 g/mol. The lowest BCUT2D eigenvalue weighted by atomic mass is 9.91. The Labute approximate surface area is 149 Å². The second kappa shape index (κ2) is 7.26. The van der Waals surface area contributed by atoms with E-state index in [1.807, 2.05) is 47.5 Å². The van der Waals surface area contributed by atoms with Crippen molar-refractivity contribution in [3.63, 3.8) is 0 Å². The standard InChI is InChI=1S/C21H25N3O/c25-21(16-8-2-1-3-9-16)24-15-5-4-13-19(24)18-12-7-14-22-20(18)23-17-10-6-11-17/h1-3,7-9,12,14,17,19H,4-6,10-11,13,15H2,(H,22,23)/t19-/m0/s1. The molecular formula is C21H25N3O. The number of hydrogen-bond donors (Lipinski definition) is 1. The molecule has 1 N–H and O–H groups in total. The van der Waals surface area contributed by atoms with Gasteiger partial charge >= 0.3 is 0 Å². The molecule has 1 aliphatic carbocycles. The van der Waals surface area contributed by atoms with Gasteiger partial charge in [0.15, 0.2) is 0 Å². The first kappa shape index (κ1) is 16.1. The maximum atomic E-state index is 13.1. The number of rotatable bonds is 4. The van der Waals surface area contributed by atoms with E-state index in [2.05, 4.69) is 16.4 Å². The van der Waals surface area contributed by atoms with Gasteiger partial charge in [0.1, 0.15) is 5.82 Å². The van der Waals surface area contributed by atoms with E-state index >= 15 is 0 Å². The third kappa shape index (κ3) is 3.39. The molecule has 1 atom stereocenters. The van der Waals surface area contributed by atoms with E-state index in [9.17, 15) is 4.79 Å². The summed E-state index contributed by atoms with van der Waals surface area (Å²) in [5.74, 6) is 1.09. The summed E-state index contributed by atoms with van der Waals surface area (Å²) in [7, 11) is 0. The Bertz CT molecular complexity index is 727. The van der Waals surface area contributed by atoms with Gasteiger partial charge in [-0.2, -0.15) is 0 Å². The van der Waals surface area contributed by atoms with Gasteiger partial charge < -0.3 is 10.2 Å². The molecule has 1 saturated carbocycles. The van der Waals surface area contributed by atoms with Crippen molar-refractivity contribution in [3.8, 4) is 0 Å². The highest BCUT2D eigenvalue weighted by atomic mass is 16.2. The Morgan fingerprint density at radius 2 is 1.84 bits per heavy atom. The Balaban J connectivity index is 1.62. The first-order valence-corrected chi connectivity index (χ1v) is 9.40. The smallest absolute Gasteiger partial charge is 0.254 e. The second-order valence-electron chi connectivity index (χ2n) is 7.09. The number of pyridine rings is 1. The van der Waals surface area contributed by atoms with Crippen LogP contribution in [0.2, 0.25) is 0 Å². The molecule has 0 unspecified atom stereocenters. The molecule has 4 heteroatoms. The molecule has 2 heterocycles. The van der Waals surface area contributed by atoms with Crippen molar-refractivity contribution >= 4 is 11.7 Å². The third-order valence-corrected chi connectivity index (χ3v) is 5.43. The molecule has 25 heavy (non-hydrogen) atoms. The Kier molecular flexibility index (Phi) is 4.68. The topological polar surface area (TPSA) is 45.2 Å². The lowest BCUT2D eigenvalue weighted by Gasteiger charge is -2.37. The van der Waals surface area contributed by atoms with Crippen LogP contribution in [0.3, 0.4) is 0 Å². The molecule has 2 aliphatic rings. The fourth-order valence-corrected chi connectivity index (χ4v) is 3.80. The van der Waals surface area contributed by atoms with E-state index in [1.165, 1.54) is 24.8 Å². The van der Waals surface area contributed by atoms with Crippen molar-refractivity contribution in [2.45, 2.75) is 50.6 Å². The molecule has 1 saturated heterocycles. The summed E-state index contributed by atoms with van der Waals surface area (Å²) in [6.45, 7) is 0.816. The number of hydrogen-bond acceptors (Lipinski definition) is 3. The van der Waals surface area contributed by atoms with Crippen molar-refractivity contribution in [1.82, 2.24) is 9.88 Å². The number of amides is 1. The van der Waals surface area contributed by atoms with Gasteiger partial charge in [0.25, 0.3) is 5.91 Å². The van der Waals surface area contributed by atoms with Gasteiger partial charge in [0.05, 0.1) is 6.04 Å². The van der Waals surface area contributed by atoms with Crippen molar-refractivity contribution in [3.05, 3.63) is 59.8 Å². The maximum Gasteiger partial charge on any atom is 0.254 e. The predicted molar refractivity (Wildman–Crippen MR) is 99.6 cm³/mol. The summed E-state index contributed by atoms with van der Waals surface area (Å²) in [4.78, 5) is 19.7. The molecule has 1 amide bonds. The molecule has 4 rings (SSSR count). The zero-order valence-electron chi connectivity index (χ0n) is 14.5. The van der Waals surface area contributed by atoms with E-state index in [1.54, 1.807) is 0 Å². The molecule has 130 valence electrons. The first-order chi connectivity index (χ1) is 12.3. The van der Waals surface area contributed by atoms with Crippen LogP contribution in [0.1, 0.15) is 60.5 Å². The SMILES string of the molecule is O=C(c1ccccc1)N1CCCC[C@H]1c1cccnc1NC1CCC1. The highest BCUT2D eigenvalue weighted by Crippen LogP contribution is 2.36. The van der Waals surface area contributed by atoms with Crippen LogP contribution in [-0.2, 0) is 0 Å². The Hall–Kier alpha value is -2.36. The Morgan fingerprint density at radius 1 is 1.00 bits per heavy atom. The van der Waals surface area contributed by atoms with E-state index in [0.717, 1.165) is 37.2 Å². The number of anilines is 1. The summed E-state index contributed by atoms with van der Waals surface area (Å²) in [5, 5.41) is 3.59. The van der Waals surface area contributed by atoms with E-state index in [0.29, 0.717) is 6.04 Å². The van der Waals surface area contributed by atoms with Crippen molar-refractivity contribution < 1.29 is 4.79 Å². The fraction of sp³-hybridized carbons (Fsp3) is 0.429. The maximum absolute atomic E-state index is 13.1. The molecule has 2 aromatic rings. The van der Waals surface area contributed by atoms with Crippen molar-refractivity contribution in [2.24, 2.45) is 0 Å². The highest BCUT2D eigenvalue weighted by molar-refractivity contribution is 5.94. The third-order valence-electron chi connectivity index (χ3n) is 5.43. The zero-order chi connectivity index (χ0) is 17.1. The summed E-state index contributed by atoms with van der Waals surface area (Å²) in [6.07, 6.45) is 8.80. The van der Waals surface area contributed by atoms with Crippen LogP contribution in [0.4, 0.5) is 5.82 Å². The summed E-state index contributed by atoms with van der Waals surface area (Å²) >= 11 is 0. The van der Waals surface area contributed by atoms with Gasteiger partial charge in [-0.3, -0.25) is 4.79 Å². The average Bonchev–Trinajstić information content (AvgIpc) is 2.65. The largest absolute Gasteiger partial charge is 0.367 e. The number of nitrogens with zero attached hydrogens (tertiary/aromatic N) is 2. The molecule has 0 radical (unpaired) electrons. The van der Waals surface area contributed by atoms with Gasteiger partial charge in [0, 0.05) is 29.9 Å². The quantitative estimate of drug-likeness (QED) is 0.900. The van der Waals surface area contributed by atoms with Gasteiger partial charge in [-0.15, -0.1) is 0 Å².